The predicted octanol–water partition coefficient (Wildman–Crippen LogP) is 5.04. The fraction of sp³-hybridized carbons (Fsp3) is 0.278. The van der Waals surface area contributed by atoms with Crippen molar-refractivity contribution in [2.75, 3.05) is 6.54 Å². The van der Waals surface area contributed by atoms with Gasteiger partial charge >= 0.3 is 0 Å². The molecule has 1 aromatic carbocycles. The van der Waals surface area contributed by atoms with E-state index in [4.69, 9.17) is 0 Å². The molecule has 6 heteroatoms. The van der Waals surface area contributed by atoms with Crippen molar-refractivity contribution in [1.82, 2.24) is 9.88 Å². The van der Waals surface area contributed by atoms with E-state index in [-0.39, 0.29) is 11.7 Å². The number of amides is 1. The van der Waals surface area contributed by atoms with Gasteiger partial charge in [0.1, 0.15) is 11.5 Å². The van der Waals surface area contributed by atoms with E-state index in [9.17, 15) is 9.18 Å². The molecule has 1 amide bonds. The molecule has 24 heavy (non-hydrogen) atoms. The van der Waals surface area contributed by atoms with Gasteiger partial charge < -0.3 is 9.88 Å². The maximum absolute atomic E-state index is 13.1. The molecular weight excluding hydrogens is 391 g/mol. The summed E-state index contributed by atoms with van der Waals surface area (Å²) < 4.78 is 17.1. The van der Waals surface area contributed by atoms with Crippen LogP contribution < -0.4 is 5.32 Å². The van der Waals surface area contributed by atoms with Gasteiger partial charge in [-0.3, -0.25) is 4.79 Å². The number of halogens is 2. The van der Waals surface area contributed by atoms with Gasteiger partial charge in [-0.1, -0.05) is 26.0 Å². The SMILES string of the molecule is CC(C)CNC(=O)c1cc2scc(Br)c2n1Cc1ccc(F)cc1. The summed E-state index contributed by atoms with van der Waals surface area (Å²) in [6.07, 6.45) is 0. The van der Waals surface area contributed by atoms with Gasteiger partial charge in [-0.05, 0) is 45.6 Å². The molecule has 3 aromatic rings. The Morgan fingerprint density at radius 3 is 2.71 bits per heavy atom. The average Bonchev–Trinajstić information content (AvgIpc) is 3.08. The summed E-state index contributed by atoms with van der Waals surface area (Å²) in [5.41, 5.74) is 2.58. The highest BCUT2D eigenvalue weighted by Gasteiger charge is 2.19. The second kappa shape index (κ2) is 7.07. The Labute approximate surface area is 152 Å². The van der Waals surface area contributed by atoms with Gasteiger partial charge in [0, 0.05) is 18.5 Å². The molecule has 0 unspecified atom stereocenters. The second-order valence-corrected chi connectivity index (χ2v) is 7.91. The molecule has 2 aromatic heterocycles. The highest BCUT2D eigenvalue weighted by atomic mass is 79.9. The molecule has 0 fully saturated rings. The van der Waals surface area contributed by atoms with Gasteiger partial charge in [0.05, 0.1) is 14.7 Å². The van der Waals surface area contributed by atoms with E-state index in [1.54, 1.807) is 23.5 Å². The number of hydrogen-bond acceptors (Lipinski definition) is 2. The van der Waals surface area contributed by atoms with E-state index in [1.807, 2.05) is 16.0 Å². The highest BCUT2D eigenvalue weighted by Crippen LogP contribution is 2.33. The zero-order chi connectivity index (χ0) is 17.3. The highest BCUT2D eigenvalue weighted by molar-refractivity contribution is 9.10. The molecule has 0 aliphatic carbocycles. The van der Waals surface area contributed by atoms with E-state index in [0.29, 0.717) is 24.7 Å². The van der Waals surface area contributed by atoms with Crippen LogP contribution in [0.2, 0.25) is 0 Å². The van der Waals surface area contributed by atoms with Gasteiger partial charge in [0.2, 0.25) is 0 Å². The number of fused-ring (bicyclic) bond motifs is 1. The lowest BCUT2D eigenvalue weighted by Crippen LogP contribution is -2.29. The lowest BCUT2D eigenvalue weighted by Gasteiger charge is -2.12. The molecule has 0 saturated carbocycles. The van der Waals surface area contributed by atoms with E-state index < -0.39 is 0 Å². The minimum absolute atomic E-state index is 0.0823. The van der Waals surface area contributed by atoms with Crippen LogP contribution in [-0.2, 0) is 6.54 Å². The molecule has 0 radical (unpaired) electrons. The molecule has 0 saturated heterocycles. The monoisotopic (exact) mass is 408 g/mol. The first-order chi connectivity index (χ1) is 11.5. The third-order valence-electron chi connectivity index (χ3n) is 3.73. The van der Waals surface area contributed by atoms with Crippen LogP contribution in [0.15, 0.2) is 40.2 Å². The van der Waals surface area contributed by atoms with Crippen LogP contribution in [0, 0.1) is 11.7 Å². The second-order valence-electron chi connectivity index (χ2n) is 6.14. The summed E-state index contributed by atoms with van der Waals surface area (Å²) in [5.74, 6) is 0.0476. The average molecular weight is 409 g/mol. The van der Waals surface area contributed by atoms with Crippen molar-refractivity contribution in [1.29, 1.82) is 0 Å². The molecule has 2 heterocycles. The number of hydrogen-bond donors (Lipinski definition) is 1. The van der Waals surface area contributed by atoms with Crippen molar-refractivity contribution in [2.45, 2.75) is 20.4 Å². The first-order valence-electron chi connectivity index (χ1n) is 7.74. The van der Waals surface area contributed by atoms with Crippen LogP contribution in [0.4, 0.5) is 4.39 Å². The fourth-order valence-electron chi connectivity index (χ4n) is 2.54. The smallest absolute Gasteiger partial charge is 0.267 e. The van der Waals surface area contributed by atoms with Gasteiger partial charge in [-0.25, -0.2) is 4.39 Å². The standard InChI is InChI=1S/C18H18BrFN2OS/c1-11(2)8-21-18(23)15-7-16-17(14(19)10-24-16)22(15)9-12-3-5-13(20)6-4-12/h3-7,10-11H,8-9H2,1-2H3,(H,21,23). The summed E-state index contributed by atoms with van der Waals surface area (Å²) in [6, 6.07) is 8.30. The predicted molar refractivity (Wildman–Crippen MR) is 100 cm³/mol. The lowest BCUT2D eigenvalue weighted by molar-refractivity contribution is 0.0940. The molecule has 1 N–H and O–H groups in total. The number of rotatable bonds is 5. The lowest BCUT2D eigenvalue weighted by atomic mass is 10.2. The van der Waals surface area contributed by atoms with Crippen LogP contribution in [-0.4, -0.2) is 17.0 Å². The maximum atomic E-state index is 13.1. The summed E-state index contributed by atoms with van der Waals surface area (Å²) in [6.45, 7) is 5.28. The largest absolute Gasteiger partial charge is 0.351 e. The summed E-state index contributed by atoms with van der Waals surface area (Å²) in [4.78, 5) is 12.6. The van der Waals surface area contributed by atoms with Crippen LogP contribution >= 0.6 is 27.3 Å². The van der Waals surface area contributed by atoms with Gasteiger partial charge in [-0.15, -0.1) is 11.3 Å². The number of benzene rings is 1. The third-order valence-corrected chi connectivity index (χ3v) is 5.56. The Bertz CT molecular complexity index is 867. The zero-order valence-electron chi connectivity index (χ0n) is 13.5. The number of carbonyl (C=O) groups excluding carboxylic acids is 1. The minimum atomic E-state index is -0.261. The molecular formula is C18H18BrFN2OS. The van der Waals surface area contributed by atoms with E-state index in [0.717, 1.165) is 20.3 Å². The van der Waals surface area contributed by atoms with Crippen molar-refractivity contribution >= 4 is 43.4 Å². The number of nitrogens with zero attached hydrogens (tertiary/aromatic N) is 1. The topological polar surface area (TPSA) is 34.0 Å². The number of carbonyl (C=O) groups is 1. The minimum Gasteiger partial charge on any atom is -0.351 e. The molecule has 126 valence electrons. The van der Waals surface area contributed by atoms with Gasteiger partial charge in [0.15, 0.2) is 0 Å². The maximum Gasteiger partial charge on any atom is 0.267 e. The van der Waals surface area contributed by atoms with Crippen LogP contribution in [0.3, 0.4) is 0 Å². The number of nitrogens with one attached hydrogen (secondary N) is 1. The molecule has 0 aliphatic heterocycles. The van der Waals surface area contributed by atoms with E-state index in [2.05, 4.69) is 35.1 Å². The Kier molecular flexibility index (Phi) is 5.06. The quantitative estimate of drug-likeness (QED) is 0.630. The number of thiophene rings is 1. The van der Waals surface area contributed by atoms with Crippen molar-refractivity contribution < 1.29 is 9.18 Å². The van der Waals surface area contributed by atoms with Crippen molar-refractivity contribution in [3.05, 3.63) is 57.3 Å². The molecule has 0 atom stereocenters. The zero-order valence-corrected chi connectivity index (χ0v) is 15.9. The summed E-state index contributed by atoms with van der Waals surface area (Å²) in [5, 5.41) is 4.99. The van der Waals surface area contributed by atoms with Crippen molar-refractivity contribution in [3.8, 4) is 0 Å². The first kappa shape index (κ1) is 17.2. The molecule has 3 nitrogen and oxygen atoms in total. The van der Waals surface area contributed by atoms with E-state index in [1.165, 1.54) is 12.1 Å². The van der Waals surface area contributed by atoms with E-state index >= 15 is 0 Å². The van der Waals surface area contributed by atoms with Crippen molar-refractivity contribution in [2.24, 2.45) is 5.92 Å². The summed E-state index contributed by atoms with van der Waals surface area (Å²) in [7, 11) is 0. The van der Waals surface area contributed by atoms with Crippen molar-refractivity contribution in [3.63, 3.8) is 0 Å². The summed E-state index contributed by atoms with van der Waals surface area (Å²) >= 11 is 5.16. The molecule has 0 bridgehead atoms. The Morgan fingerprint density at radius 1 is 1.33 bits per heavy atom. The van der Waals surface area contributed by atoms with Crippen LogP contribution in [0.1, 0.15) is 29.9 Å². The third kappa shape index (κ3) is 3.54. The Balaban J connectivity index is 1.99. The molecule has 0 spiro atoms. The Morgan fingerprint density at radius 2 is 2.04 bits per heavy atom. The van der Waals surface area contributed by atoms with Crippen LogP contribution in [0.25, 0.3) is 10.2 Å². The Hall–Kier alpha value is -1.66. The first-order valence-corrected chi connectivity index (χ1v) is 9.42. The van der Waals surface area contributed by atoms with Gasteiger partial charge in [0.25, 0.3) is 5.91 Å². The fourth-order valence-corrected chi connectivity index (χ4v) is 4.24. The van der Waals surface area contributed by atoms with Crippen LogP contribution in [0.5, 0.6) is 0 Å². The normalized spacial score (nSPS) is 11.4. The molecule has 3 rings (SSSR count). The van der Waals surface area contributed by atoms with Gasteiger partial charge in [-0.2, -0.15) is 0 Å². The number of aromatic nitrogens is 1. The molecule has 0 aliphatic rings.